The van der Waals surface area contributed by atoms with Gasteiger partial charge in [0.25, 0.3) is 0 Å². The molecule has 0 atom stereocenters. The summed E-state index contributed by atoms with van der Waals surface area (Å²) in [6.07, 6.45) is 6.28. The molecule has 1 aromatic heterocycles. The molecule has 3 rings (SSSR count). The summed E-state index contributed by atoms with van der Waals surface area (Å²) in [5.41, 5.74) is 2.08. The van der Waals surface area contributed by atoms with Gasteiger partial charge in [-0.25, -0.2) is 4.68 Å². The molecule has 24 heavy (non-hydrogen) atoms. The number of hydrogen-bond donors (Lipinski definition) is 2. The third-order valence-corrected chi connectivity index (χ3v) is 4.60. The number of aromatic nitrogens is 2. The highest BCUT2D eigenvalue weighted by molar-refractivity contribution is 5.90. The predicted molar refractivity (Wildman–Crippen MR) is 96.6 cm³/mol. The van der Waals surface area contributed by atoms with Crippen molar-refractivity contribution in [2.75, 3.05) is 18.9 Å². The molecule has 1 heterocycles. The van der Waals surface area contributed by atoms with Gasteiger partial charge in [0.2, 0.25) is 5.91 Å². The second-order valence-electron chi connectivity index (χ2n) is 6.44. The Bertz CT molecular complexity index is 659. The Balaban J connectivity index is 1.81. The third kappa shape index (κ3) is 4.03. The van der Waals surface area contributed by atoms with Gasteiger partial charge in [-0.2, -0.15) is 5.10 Å². The molecule has 1 aliphatic carbocycles. The molecule has 2 aromatic rings. The molecular weight excluding hydrogens is 300 g/mol. The van der Waals surface area contributed by atoms with E-state index in [4.69, 9.17) is 5.10 Å². The van der Waals surface area contributed by atoms with Crippen LogP contribution in [0, 0.1) is 0 Å². The molecule has 0 spiro atoms. The van der Waals surface area contributed by atoms with Gasteiger partial charge in [-0.05, 0) is 45.0 Å². The average Bonchev–Trinajstić information content (AvgIpc) is 3.25. The summed E-state index contributed by atoms with van der Waals surface area (Å²) >= 11 is 0. The maximum atomic E-state index is 12.2. The van der Waals surface area contributed by atoms with E-state index in [-0.39, 0.29) is 5.91 Å². The van der Waals surface area contributed by atoms with E-state index in [0.29, 0.717) is 12.3 Å². The first-order valence-electron chi connectivity index (χ1n) is 8.88. The Labute approximate surface area is 143 Å². The second-order valence-corrected chi connectivity index (χ2v) is 6.44. The third-order valence-electron chi connectivity index (χ3n) is 4.60. The maximum absolute atomic E-state index is 12.2. The van der Waals surface area contributed by atoms with Crippen LogP contribution in [0.4, 0.5) is 5.82 Å². The van der Waals surface area contributed by atoms with Crippen LogP contribution in [0.25, 0.3) is 5.69 Å². The summed E-state index contributed by atoms with van der Waals surface area (Å²) in [6, 6.07) is 12.1. The Morgan fingerprint density at radius 1 is 1.25 bits per heavy atom. The minimum atomic E-state index is 0.0419. The van der Waals surface area contributed by atoms with Crippen LogP contribution in [0.15, 0.2) is 36.4 Å². The van der Waals surface area contributed by atoms with Crippen molar-refractivity contribution < 1.29 is 4.79 Å². The largest absolute Gasteiger partial charge is 0.320 e. The van der Waals surface area contributed by atoms with Gasteiger partial charge in [-0.3, -0.25) is 4.79 Å². The number of carbonyl (C=O) groups is 1. The number of anilines is 1. The SMILES string of the molecule is CNCCCC(=O)Nc1cc(C2CCCC2)nn1-c1ccccc1. The first-order valence-corrected chi connectivity index (χ1v) is 8.88. The predicted octanol–water partition coefficient (Wildman–Crippen LogP) is 3.47. The zero-order chi connectivity index (χ0) is 16.8. The molecule has 0 radical (unpaired) electrons. The molecule has 1 fully saturated rings. The standard InChI is InChI=1S/C19H26N4O/c1-20-13-7-12-19(24)21-18-14-17(15-8-5-6-9-15)22-23(18)16-10-3-2-4-11-16/h2-4,10-11,14-15,20H,5-9,12-13H2,1H3,(H,21,24). The number of benzene rings is 1. The Morgan fingerprint density at radius 2 is 2.00 bits per heavy atom. The van der Waals surface area contributed by atoms with Crippen molar-refractivity contribution in [1.82, 2.24) is 15.1 Å². The molecule has 5 heteroatoms. The molecule has 2 N–H and O–H groups in total. The van der Waals surface area contributed by atoms with Crippen LogP contribution < -0.4 is 10.6 Å². The number of hydrogen-bond acceptors (Lipinski definition) is 3. The summed E-state index contributed by atoms with van der Waals surface area (Å²) in [4.78, 5) is 12.2. The minimum absolute atomic E-state index is 0.0419. The lowest BCUT2D eigenvalue weighted by Gasteiger charge is -2.08. The monoisotopic (exact) mass is 326 g/mol. The Morgan fingerprint density at radius 3 is 2.71 bits per heavy atom. The summed E-state index contributed by atoms with van der Waals surface area (Å²) < 4.78 is 1.86. The zero-order valence-corrected chi connectivity index (χ0v) is 14.3. The molecule has 0 saturated heterocycles. The summed E-state index contributed by atoms with van der Waals surface area (Å²) in [5, 5.41) is 10.9. The normalized spacial score (nSPS) is 14.9. The van der Waals surface area contributed by atoms with Crippen molar-refractivity contribution in [2.24, 2.45) is 0 Å². The van der Waals surface area contributed by atoms with Crippen LogP contribution in [0.3, 0.4) is 0 Å². The smallest absolute Gasteiger partial charge is 0.225 e. The van der Waals surface area contributed by atoms with E-state index < -0.39 is 0 Å². The highest BCUT2D eigenvalue weighted by atomic mass is 16.1. The number of amides is 1. The van der Waals surface area contributed by atoms with Crippen molar-refractivity contribution in [3.63, 3.8) is 0 Å². The van der Waals surface area contributed by atoms with Gasteiger partial charge in [-0.1, -0.05) is 31.0 Å². The van der Waals surface area contributed by atoms with Crippen LogP contribution in [0.2, 0.25) is 0 Å². The molecule has 0 unspecified atom stereocenters. The van der Waals surface area contributed by atoms with Crippen molar-refractivity contribution in [2.45, 2.75) is 44.4 Å². The molecule has 5 nitrogen and oxygen atoms in total. The van der Waals surface area contributed by atoms with Crippen LogP contribution in [0.5, 0.6) is 0 Å². The minimum Gasteiger partial charge on any atom is -0.320 e. The van der Waals surface area contributed by atoms with Gasteiger partial charge in [0.1, 0.15) is 5.82 Å². The van der Waals surface area contributed by atoms with E-state index in [9.17, 15) is 4.79 Å². The molecule has 1 aromatic carbocycles. The summed E-state index contributed by atoms with van der Waals surface area (Å²) in [5.74, 6) is 1.34. The molecule has 128 valence electrons. The van der Waals surface area contributed by atoms with Crippen LogP contribution in [-0.2, 0) is 4.79 Å². The first kappa shape index (κ1) is 16.7. The molecule has 1 amide bonds. The number of para-hydroxylation sites is 1. The number of nitrogens with one attached hydrogen (secondary N) is 2. The van der Waals surface area contributed by atoms with Gasteiger partial charge in [0.05, 0.1) is 11.4 Å². The first-order chi connectivity index (χ1) is 11.8. The van der Waals surface area contributed by atoms with Gasteiger partial charge >= 0.3 is 0 Å². The fraction of sp³-hybridized carbons (Fsp3) is 0.474. The molecule has 0 aliphatic heterocycles. The van der Waals surface area contributed by atoms with E-state index in [0.717, 1.165) is 30.2 Å². The van der Waals surface area contributed by atoms with E-state index >= 15 is 0 Å². The van der Waals surface area contributed by atoms with Gasteiger partial charge in [0.15, 0.2) is 0 Å². The average molecular weight is 326 g/mol. The summed E-state index contributed by atoms with van der Waals surface area (Å²) in [6.45, 7) is 0.846. The molecule has 1 saturated carbocycles. The van der Waals surface area contributed by atoms with Gasteiger partial charge in [-0.15, -0.1) is 0 Å². The number of rotatable bonds is 7. The van der Waals surface area contributed by atoms with Crippen LogP contribution >= 0.6 is 0 Å². The Kier molecular flexibility index (Phi) is 5.64. The van der Waals surface area contributed by atoms with Gasteiger partial charge in [0, 0.05) is 18.4 Å². The molecule has 1 aliphatic rings. The lowest BCUT2D eigenvalue weighted by Crippen LogP contribution is -2.17. The lowest BCUT2D eigenvalue weighted by molar-refractivity contribution is -0.116. The second kappa shape index (κ2) is 8.11. The number of nitrogens with zero attached hydrogens (tertiary/aromatic N) is 2. The maximum Gasteiger partial charge on any atom is 0.225 e. The fourth-order valence-corrected chi connectivity index (χ4v) is 3.31. The van der Waals surface area contributed by atoms with E-state index in [1.165, 1.54) is 25.7 Å². The van der Waals surface area contributed by atoms with E-state index in [1.807, 2.05) is 42.1 Å². The highest BCUT2D eigenvalue weighted by Crippen LogP contribution is 2.35. The van der Waals surface area contributed by atoms with E-state index in [1.54, 1.807) is 0 Å². The lowest BCUT2D eigenvalue weighted by atomic mass is 10.0. The molecule has 0 bridgehead atoms. The van der Waals surface area contributed by atoms with Crippen LogP contribution in [0.1, 0.15) is 50.1 Å². The van der Waals surface area contributed by atoms with E-state index in [2.05, 4.69) is 16.7 Å². The zero-order valence-electron chi connectivity index (χ0n) is 14.3. The Hall–Kier alpha value is -2.14. The highest BCUT2D eigenvalue weighted by Gasteiger charge is 2.22. The van der Waals surface area contributed by atoms with Crippen molar-refractivity contribution in [3.05, 3.63) is 42.1 Å². The number of carbonyl (C=O) groups excluding carboxylic acids is 1. The van der Waals surface area contributed by atoms with Crippen molar-refractivity contribution >= 4 is 11.7 Å². The van der Waals surface area contributed by atoms with Crippen LogP contribution in [-0.4, -0.2) is 29.3 Å². The fourth-order valence-electron chi connectivity index (χ4n) is 3.31. The molecular formula is C19H26N4O. The summed E-state index contributed by atoms with van der Waals surface area (Å²) in [7, 11) is 1.90. The van der Waals surface area contributed by atoms with Crippen molar-refractivity contribution in [1.29, 1.82) is 0 Å². The quantitative estimate of drug-likeness (QED) is 0.766. The van der Waals surface area contributed by atoms with Gasteiger partial charge < -0.3 is 10.6 Å². The topological polar surface area (TPSA) is 59.0 Å². The van der Waals surface area contributed by atoms with Crippen molar-refractivity contribution in [3.8, 4) is 5.69 Å².